The van der Waals surface area contributed by atoms with Crippen molar-refractivity contribution < 1.29 is 0 Å². The average Bonchev–Trinajstić information content (AvgIpc) is 1.68. The van der Waals surface area contributed by atoms with Crippen LogP contribution in [0.15, 0.2) is 0 Å². The molecule has 1 nitrogen and oxygen atoms in total. The maximum atomic E-state index is 5.58. The molecule has 8 heavy (non-hydrogen) atoms. The van der Waals surface area contributed by atoms with Crippen LogP contribution in [0.25, 0.3) is 0 Å². The molecule has 0 aliphatic heterocycles. The van der Waals surface area contributed by atoms with Gasteiger partial charge in [0.05, 0.1) is 8.07 Å². The molecule has 0 fully saturated rings. The van der Waals surface area contributed by atoms with Crippen LogP contribution in [0.5, 0.6) is 0 Å². The summed E-state index contributed by atoms with van der Waals surface area (Å²) in [6, 6.07) is 0. The number of hydrogen-bond donors (Lipinski definition) is 1. The summed E-state index contributed by atoms with van der Waals surface area (Å²) in [6.07, 6.45) is 0.802. The van der Waals surface area contributed by atoms with Crippen molar-refractivity contribution in [2.24, 2.45) is 5.73 Å². The third kappa shape index (κ3) is 4.90. The number of halogens is 2. The van der Waals surface area contributed by atoms with Gasteiger partial charge in [-0.25, -0.2) is 0 Å². The van der Waals surface area contributed by atoms with Crippen molar-refractivity contribution in [1.82, 2.24) is 0 Å². The van der Waals surface area contributed by atoms with E-state index in [0.29, 0.717) is 0 Å². The van der Waals surface area contributed by atoms with Gasteiger partial charge in [-0.3, -0.25) is 0 Å². The molecular weight excluding hydrogens is 161 g/mol. The van der Waals surface area contributed by atoms with Gasteiger partial charge in [0.2, 0.25) is 0 Å². The molecule has 0 aromatic carbocycles. The highest BCUT2D eigenvalue weighted by molar-refractivity contribution is 6.83. The summed E-state index contributed by atoms with van der Waals surface area (Å²) in [4.78, 5) is 0. The van der Waals surface area contributed by atoms with Crippen LogP contribution >= 0.6 is 24.0 Å². The zero-order chi connectivity index (χ0) is 5.91. The number of hydrogen-bond acceptors (Lipinski definition) is 1. The first-order chi connectivity index (χ1) is 3.12. The second-order valence-electron chi connectivity index (χ2n) is 2.50. The molecule has 2 N–H and O–H groups in total. The topological polar surface area (TPSA) is 26.0 Å². The van der Waals surface area contributed by atoms with E-state index in [2.05, 4.69) is 13.1 Å². The van der Waals surface area contributed by atoms with Crippen molar-refractivity contribution in [3.8, 4) is 0 Å². The molecule has 0 aromatic heterocycles. The molecule has 0 saturated carbocycles. The fourth-order valence-electron chi connectivity index (χ4n) is 0.0546. The number of nitrogens with two attached hydrogens (primary N) is 1. The quantitative estimate of drug-likeness (QED) is 0.497. The van der Waals surface area contributed by atoms with E-state index < -0.39 is 8.07 Å². The largest absolute Gasteiger partial charge is 0.333 e. The van der Waals surface area contributed by atoms with Crippen molar-refractivity contribution in [3.05, 3.63) is 0 Å². The molecule has 0 aliphatic rings. The highest BCUT2D eigenvalue weighted by Gasteiger charge is 2.15. The van der Waals surface area contributed by atoms with Gasteiger partial charge in [-0.1, -0.05) is 13.1 Å². The molecule has 0 aromatic rings. The Morgan fingerprint density at radius 2 is 1.88 bits per heavy atom. The van der Waals surface area contributed by atoms with E-state index in [-0.39, 0.29) is 12.4 Å². The van der Waals surface area contributed by atoms with Gasteiger partial charge in [0, 0.05) is 5.50 Å². The SMILES string of the molecule is C[Si](C)(CN)CCl.Cl. The highest BCUT2D eigenvalue weighted by atomic mass is 35.5. The van der Waals surface area contributed by atoms with Crippen LogP contribution in [0.1, 0.15) is 0 Å². The average molecular weight is 174 g/mol. The molecule has 0 rings (SSSR count). The fourth-order valence-corrected chi connectivity index (χ4v) is 0.491. The fraction of sp³-hybridized carbons (Fsp3) is 1.00. The third-order valence-electron chi connectivity index (χ3n) is 0.914. The molecule has 52 valence electrons. The van der Waals surface area contributed by atoms with Gasteiger partial charge < -0.3 is 5.73 Å². The Morgan fingerprint density at radius 1 is 1.50 bits per heavy atom. The Bertz CT molecular complexity index is 52.0. The zero-order valence-corrected chi connectivity index (χ0v) is 7.85. The minimum atomic E-state index is -1.11. The van der Waals surface area contributed by atoms with Crippen LogP contribution in [0, 0.1) is 0 Å². The lowest BCUT2D eigenvalue weighted by Gasteiger charge is -2.13. The van der Waals surface area contributed by atoms with Gasteiger partial charge in [0.1, 0.15) is 0 Å². The van der Waals surface area contributed by atoms with Crippen LogP contribution in [-0.2, 0) is 0 Å². The predicted octanol–water partition coefficient (Wildman–Crippen LogP) is 1.39. The summed E-state index contributed by atoms with van der Waals surface area (Å²) < 4.78 is 0. The van der Waals surface area contributed by atoms with Gasteiger partial charge in [-0.2, -0.15) is 0 Å². The lowest BCUT2D eigenvalue weighted by atomic mass is 11.5. The molecule has 4 heteroatoms. The van der Waals surface area contributed by atoms with Gasteiger partial charge in [0.25, 0.3) is 0 Å². The van der Waals surface area contributed by atoms with Crippen molar-refractivity contribution in [2.75, 3.05) is 11.7 Å². The first kappa shape index (κ1) is 11.5. The van der Waals surface area contributed by atoms with Crippen LogP contribution < -0.4 is 5.73 Å². The van der Waals surface area contributed by atoms with Gasteiger partial charge in [0.15, 0.2) is 0 Å². The number of rotatable bonds is 2. The van der Waals surface area contributed by atoms with E-state index in [1.807, 2.05) is 0 Å². The molecule has 0 aliphatic carbocycles. The van der Waals surface area contributed by atoms with E-state index in [1.54, 1.807) is 0 Å². The molecule has 0 atom stereocenters. The minimum Gasteiger partial charge on any atom is -0.333 e. The standard InChI is InChI=1S/C4H12ClNSi.ClH/c1-7(2,3-5)4-6;/h3-4,6H2,1-2H3;1H. The molecular formula is C4H13Cl2NSi. The Balaban J connectivity index is 0. The van der Waals surface area contributed by atoms with Crippen molar-refractivity contribution >= 4 is 32.1 Å². The van der Waals surface area contributed by atoms with Gasteiger partial charge in [-0.05, 0) is 6.17 Å². The van der Waals surface area contributed by atoms with Crippen LogP contribution in [0.3, 0.4) is 0 Å². The minimum absolute atomic E-state index is 0. The third-order valence-corrected chi connectivity index (χ3v) is 4.91. The Hall–Kier alpha value is 0.757. The van der Waals surface area contributed by atoms with E-state index in [4.69, 9.17) is 17.3 Å². The molecule has 0 amide bonds. The summed E-state index contributed by atoms with van der Waals surface area (Å²) in [6.45, 7) is 4.36. The molecule has 0 spiro atoms. The first-order valence-corrected chi connectivity index (χ1v) is 6.33. The van der Waals surface area contributed by atoms with Crippen molar-refractivity contribution in [1.29, 1.82) is 0 Å². The second kappa shape index (κ2) is 4.62. The first-order valence-electron chi connectivity index (χ1n) is 2.38. The Labute approximate surface area is 63.0 Å². The highest BCUT2D eigenvalue weighted by Crippen LogP contribution is 1.99. The van der Waals surface area contributed by atoms with Crippen LogP contribution in [0.2, 0.25) is 13.1 Å². The van der Waals surface area contributed by atoms with Gasteiger partial charge in [-0.15, -0.1) is 24.0 Å². The summed E-state index contributed by atoms with van der Waals surface area (Å²) in [7, 11) is -1.11. The van der Waals surface area contributed by atoms with Gasteiger partial charge >= 0.3 is 0 Å². The Morgan fingerprint density at radius 3 is 1.88 bits per heavy atom. The van der Waals surface area contributed by atoms with E-state index in [1.165, 1.54) is 0 Å². The normalized spacial score (nSPS) is 10.5. The van der Waals surface area contributed by atoms with Crippen LogP contribution in [0.4, 0.5) is 0 Å². The molecule has 0 heterocycles. The van der Waals surface area contributed by atoms with E-state index in [0.717, 1.165) is 11.7 Å². The monoisotopic (exact) mass is 173 g/mol. The maximum absolute atomic E-state index is 5.58. The summed E-state index contributed by atoms with van der Waals surface area (Å²) in [5.74, 6) is 0. The van der Waals surface area contributed by atoms with E-state index >= 15 is 0 Å². The van der Waals surface area contributed by atoms with E-state index in [9.17, 15) is 0 Å². The smallest absolute Gasteiger partial charge is 0.0783 e. The lowest BCUT2D eigenvalue weighted by Crippen LogP contribution is -2.38. The lowest BCUT2D eigenvalue weighted by molar-refractivity contribution is 1.29. The van der Waals surface area contributed by atoms with Crippen molar-refractivity contribution in [2.45, 2.75) is 13.1 Å². The summed E-state index contributed by atoms with van der Waals surface area (Å²) >= 11 is 5.58. The summed E-state index contributed by atoms with van der Waals surface area (Å²) in [5, 5.41) is 0. The van der Waals surface area contributed by atoms with Crippen molar-refractivity contribution in [3.63, 3.8) is 0 Å². The molecule has 0 saturated heterocycles. The molecule has 0 bridgehead atoms. The molecule has 0 radical (unpaired) electrons. The number of alkyl halides is 1. The Kier molecular flexibility index (Phi) is 6.66. The zero-order valence-electron chi connectivity index (χ0n) is 5.28. The van der Waals surface area contributed by atoms with Crippen LogP contribution in [-0.4, -0.2) is 19.7 Å². The molecule has 0 unspecified atom stereocenters. The maximum Gasteiger partial charge on any atom is 0.0783 e. The summed E-state index contributed by atoms with van der Waals surface area (Å²) in [5.41, 5.74) is 6.18. The second-order valence-corrected chi connectivity index (χ2v) is 8.31. The predicted molar refractivity (Wildman–Crippen MR) is 44.5 cm³/mol.